The second kappa shape index (κ2) is 3.91. The number of phenolic OH excluding ortho intramolecular Hbond substituents is 1. The van der Waals surface area contributed by atoms with Crippen LogP contribution >= 0.6 is 15.9 Å². The molecule has 0 saturated heterocycles. The van der Waals surface area contributed by atoms with Gasteiger partial charge in [-0.15, -0.1) is 0 Å². The summed E-state index contributed by atoms with van der Waals surface area (Å²) in [6.45, 7) is 5.90. The Morgan fingerprint density at radius 3 is 2.43 bits per heavy atom. The van der Waals surface area contributed by atoms with Gasteiger partial charge in [-0.25, -0.2) is 0 Å². The van der Waals surface area contributed by atoms with E-state index in [0.29, 0.717) is 0 Å². The number of aryl methyl sites for hydroxylation is 1. The van der Waals surface area contributed by atoms with E-state index in [1.807, 2.05) is 26.8 Å². The van der Waals surface area contributed by atoms with Crippen LogP contribution in [-0.4, -0.2) is 10.6 Å². The van der Waals surface area contributed by atoms with E-state index in [9.17, 15) is 5.11 Å². The van der Waals surface area contributed by atoms with Crippen molar-refractivity contribution in [3.8, 4) is 5.75 Å². The molecule has 1 rings (SSSR count). The zero-order chi connectivity index (χ0) is 10.9. The van der Waals surface area contributed by atoms with Gasteiger partial charge in [-0.2, -0.15) is 0 Å². The quantitative estimate of drug-likeness (QED) is 0.856. The number of nitrogens with two attached hydrogens (primary N) is 1. The smallest absolute Gasteiger partial charge is 0.130 e. The summed E-state index contributed by atoms with van der Waals surface area (Å²) in [5.41, 5.74) is 7.77. The number of hydrogen-bond donors (Lipinski definition) is 2. The van der Waals surface area contributed by atoms with Crippen LogP contribution in [0, 0.1) is 6.92 Å². The Morgan fingerprint density at radius 1 is 1.43 bits per heavy atom. The summed E-state index contributed by atoms with van der Waals surface area (Å²) in [4.78, 5) is 0. The first-order valence-electron chi connectivity index (χ1n) is 4.56. The fourth-order valence-corrected chi connectivity index (χ4v) is 1.68. The first-order valence-corrected chi connectivity index (χ1v) is 5.36. The normalized spacial score (nSPS) is 11.8. The van der Waals surface area contributed by atoms with E-state index >= 15 is 0 Å². The van der Waals surface area contributed by atoms with Gasteiger partial charge in [0.05, 0.1) is 4.47 Å². The van der Waals surface area contributed by atoms with Crippen molar-refractivity contribution in [2.24, 2.45) is 5.73 Å². The molecule has 1 aromatic rings. The average Bonchev–Trinajstić information content (AvgIpc) is 1.96. The molecule has 0 aliphatic rings. The summed E-state index contributed by atoms with van der Waals surface area (Å²) in [7, 11) is 0. The monoisotopic (exact) mass is 257 g/mol. The van der Waals surface area contributed by atoms with E-state index in [0.717, 1.165) is 22.0 Å². The molecular weight excluding hydrogens is 242 g/mol. The Bertz CT molecular complexity index is 319. The van der Waals surface area contributed by atoms with E-state index in [-0.39, 0.29) is 11.3 Å². The summed E-state index contributed by atoms with van der Waals surface area (Å²) in [6.07, 6.45) is 0.759. The van der Waals surface area contributed by atoms with Gasteiger partial charge in [-0.1, -0.05) is 6.07 Å². The molecule has 0 saturated carbocycles. The van der Waals surface area contributed by atoms with Crippen molar-refractivity contribution in [2.45, 2.75) is 32.7 Å². The lowest BCUT2D eigenvalue weighted by molar-refractivity contribution is 0.467. The number of aromatic hydroxyl groups is 1. The van der Waals surface area contributed by atoms with Crippen LogP contribution in [0.3, 0.4) is 0 Å². The summed E-state index contributed by atoms with van der Waals surface area (Å²) in [5, 5.41) is 9.59. The van der Waals surface area contributed by atoms with Crippen molar-refractivity contribution < 1.29 is 5.11 Å². The lowest BCUT2D eigenvalue weighted by Gasteiger charge is -2.19. The van der Waals surface area contributed by atoms with E-state index in [1.165, 1.54) is 0 Å². The van der Waals surface area contributed by atoms with Crippen molar-refractivity contribution in [1.29, 1.82) is 0 Å². The molecule has 78 valence electrons. The molecule has 0 atom stereocenters. The summed E-state index contributed by atoms with van der Waals surface area (Å²) in [5.74, 6) is 0.282. The predicted molar refractivity (Wildman–Crippen MR) is 62.5 cm³/mol. The minimum atomic E-state index is -0.243. The molecule has 0 aromatic heterocycles. The number of benzene rings is 1. The van der Waals surface area contributed by atoms with Crippen LogP contribution in [0.4, 0.5) is 0 Å². The second-order valence-corrected chi connectivity index (χ2v) is 5.20. The average molecular weight is 258 g/mol. The number of phenols is 1. The van der Waals surface area contributed by atoms with Crippen LogP contribution in [-0.2, 0) is 6.42 Å². The molecule has 14 heavy (non-hydrogen) atoms. The molecular formula is C11H16BrNO. The topological polar surface area (TPSA) is 46.2 Å². The molecule has 0 amide bonds. The van der Waals surface area contributed by atoms with Gasteiger partial charge in [0.15, 0.2) is 0 Å². The maximum atomic E-state index is 9.59. The minimum Gasteiger partial charge on any atom is -0.507 e. The molecule has 0 unspecified atom stereocenters. The first kappa shape index (κ1) is 11.5. The van der Waals surface area contributed by atoms with E-state index in [2.05, 4.69) is 15.9 Å². The first-order chi connectivity index (χ1) is 6.29. The van der Waals surface area contributed by atoms with Crippen LogP contribution in [0.2, 0.25) is 0 Å². The van der Waals surface area contributed by atoms with Crippen molar-refractivity contribution in [2.75, 3.05) is 0 Å². The highest BCUT2D eigenvalue weighted by Gasteiger charge is 2.13. The molecule has 0 radical (unpaired) electrons. The Morgan fingerprint density at radius 2 is 2.00 bits per heavy atom. The van der Waals surface area contributed by atoms with E-state index < -0.39 is 0 Å². The summed E-state index contributed by atoms with van der Waals surface area (Å²) in [6, 6.07) is 3.80. The molecule has 0 bridgehead atoms. The Kier molecular flexibility index (Phi) is 3.22. The molecule has 1 aromatic carbocycles. The van der Waals surface area contributed by atoms with E-state index in [1.54, 1.807) is 6.07 Å². The second-order valence-electron chi connectivity index (χ2n) is 4.41. The summed E-state index contributed by atoms with van der Waals surface area (Å²) < 4.78 is 0.760. The number of halogens is 1. The fraction of sp³-hybridized carbons (Fsp3) is 0.455. The predicted octanol–water partition coefficient (Wildman–Crippen LogP) is 2.74. The molecule has 3 N–H and O–H groups in total. The molecule has 0 fully saturated rings. The molecule has 3 heteroatoms. The lowest BCUT2D eigenvalue weighted by Crippen LogP contribution is -2.34. The largest absolute Gasteiger partial charge is 0.507 e. The Balaban J connectivity index is 3.02. The van der Waals surface area contributed by atoms with Crippen molar-refractivity contribution in [3.63, 3.8) is 0 Å². The van der Waals surface area contributed by atoms with Gasteiger partial charge in [0.25, 0.3) is 0 Å². The third kappa shape index (κ3) is 3.00. The third-order valence-corrected chi connectivity index (χ3v) is 2.99. The maximum Gasteiger partial charge on any atom is 0.130 e. The van der Waals surface area contributed by atoms with Gasteiger partial charge in [0, 0.05) is 5.54 Å². The van der Waals surface area contributed by atoms with Crippen LogP contribution in [0.5, 0.6) is 5.75 Å². The zero-order valence-electron chi connectivity index (χ0n) is 8.76. The minimum absolute atomic E-state index is 0.243. The maximum absolute atomic E-state index is 9.59. The summed E-state index contributed by atoms with van der Waals surface area (Å²) >= 11 is 3.31. The Hall–Kier alpha value is -0.540. The highest BCUT2D eigenvalue weighted by molar-refractivity contribution is 9.10. The number of hydrogen-bond acceptors (Lipinski definition) is 2. The molecule has 0 spiro atoms. The third-order valence-electron chi connectivity index (χ3n) is 1.95. The highest BCUT2D eigenvalue weighted by Crippen LogP contribution is 2.29. The fourth-order valence-electron chi connectivity index (χ4n) is 1.45. The van der Waals surface area contributed by atoms with Gasteiger partial charge in [-0.05, 0) is 60.3 Å². The Labute approximate surface area is 93.3 Å². The lowest BCUT2D eigenvalue weighted by atomic mass is 9.95. The molecule has 0 heterocycles. The molecule has 2 nitrogen and oxygen atoms in total. The van der Waals surface area contributed by atoms with Gasteiger partial charge >= 0.3 is 0 Å². The standard InChI is InChI=1S/C11H16BrNO/c1-7-4-8(6-11(2,3)13)5-9(14)10(7)12/h4-5,14H,6,13H2,1-3H3. The van der Waals surface area contributed by atoms with Crippen molar-refractivity contribution in [1.82, 2.24) is 0 Å². The van der Waals surface area contributed by atoms with Crippen LogP contribution in [0.15, 0.2) is 16.6 Å². The van der Waals surface area contributed by atoms with Crippen molar-refractivity contribution >= 4 is 15.9 Å². The number of rotatable bonds is 2. The molecule has 0 aliphatic heterocycles. The van der Waals surface area contributed by atoms with Crippen LogP contribution in [0.25, 0.3) is 0 Å². The van der Waals surface area contributed by atoms with Gasteiger partial charge in [0.1, 0.15) is 5.75 Å². The zero-order valence-corrected chi connectivity index (χ0v) is 10.4. The van der Waals surface area contributed by atoms with Crippen molar-refractivity contribution in [3.05, 3.63) is 27.7 Å². The van der Waals surface area contributed by atoms with E-state index in [4.69, 9.17) is 5.73 Å². The van der Waals surface area contributed by atoms with Crippen LogP contribution in [0.1, 0.15) is 25.0 Å². The highest BCUT2D eigenvalue weighted by atomic mass is 79.9. The SMILES string of the molecule is Cc1cc(CC(C)(C)N)cc(O)c1Br. The van der Waals surface area contributed by atoms with Gasteiger partial charge in [-0.3, -0.25) is 0 Å². The van der Waals surface area contributed by atoms with Gasteiger partial charge < -0.3 is 10.8 Å². The van der Waals surface area contributed by atoms with Crippen LogP contribution < -0.4 is 5.73 Å². The van der Waals surface area contributed by atoms with Gasteiger partial charge in [0.2, 0.25) is 0 Å². The molecule has 0 aliphatic carbocycles.